The summed E-state index contributed by atoms with van der Waals surface area (Å²) in [7, 11) is 1.27. The van der Waals surface area contributed by atoms with Gasteiger partial charge in [0, 0.05) is 18.0 Å². The Balaban J connectivity index is 2.51. The highest BCUT2D eigenvalue weighted by molar-refractivity contribution is 5.93. The maximum Gasteiger partial charge on any atom is 0.358 e. The molecule has 0 radical (unpaired) electrons. The van der Waals surface area contributed by atoms with Crippen molar-refractivity contribution in [2.24, 2.45) is 0 Å². The van der Waals surface area contributed by atoms with Gasteiger partial charge in [0.2, 0.25) is 0 Å². The molecule has 0 saturated carbocycles. The topological polar surface area (TPSA) is 52.1 Å². The summed E-state index contributed by atoms with van der Waals surface area (Å²) >= 11 is 0. The van der Waals surface area contributed by atoms with Crippen LogP contribution in [-0.4, -0.2) is 23.0 Å². The zero-order valence-corrected chi connectivity index (χ0v) is 9.05. The number of methoxy groups -OCH3 is 1. The quantitative estimate of drug-likeness (QED) is 0.744. The Labute approximate surface area is 97.1 Å². The predicted octanol–water partition coefficient (Wildman–Crippen LogP) is 2.07. The second kappa shape index (κ2) is 4.69. The third kappa shape index (κ3) is 2.28. The van der Waals surface area contributed by atoms with Gasteiger partial charge in [-0.1, -0.05) is 0 Å². The number of nitrogens with zero attached hydrogens (tertiary/aromatic N) is 2. The van der Waals surface area contributed by atoms with Gasteiger partial charge in [-0.05, 0) is 24.3 Å². The second-order valence-electron chi connectivity index (χ2n) is 3.25. The molecule has 1 aromatic heterocycles. The predicted molar refractivity (Wildman–Crippen MR) is 58.8 cm³/mol. The van der Waals surface area contributed by atoms with Crippen LogP contribution in [0.4, 0.5) is 4.39 Å². The van der Waals surface area contributed by atoms with Crippen LogP contribution in [0.3, 0.4) is 0 Å². The lowest BCUT2D eigenvalue weighted by Gasteiger charge is -2.05. The summed E-state index contributed by atoms with van der Waals surface area (Å²) in [5.41, 5.74) is 1.10. The van der Waals surface area contributed by atoms with Gasteiger partial charge in [-0.25, -0.2) is 14.2 Å². The monoisotopic (exact) mass is 232 g/mol. The highest BCUT2D eigenvalue weighted by Gasteiger charge is 2.15. The molecular weight excluding hydrogens is 223 g/mol. The largest absolute Gasteiger partial charge is 0.464 e. The first-order chi connectivity index (χ1) is 8.22. The van der Waals surface area contributed by atoms with E-state index in [1.165, 1.54) is 43.8 Å². The maximum absolute atomic E-state index is 12.8. The Kier molecular flexibility index (Phi) is 3.09. The first kappa shape index (κ1) is 11.2. The summed E-state index contributed by atoms with van der Waals surface area (Å²) in [4.78, 5) is 19.5. The number of esters is 1. The van der Waals surface area contributed by atoms with Crippen LogP contribution < -0.4 is 0 Å². The molecule has 86 valence electrons. The molecule has 0 aliphatic carbocycles. The molecule has 0 fully saturated rings. The molecular formula is C12H9FN2O2. The van der Waals surface area contributed by atoms with Crippen molar-refractivity contribution in [3.8, 4) is 11.3 Å². The van der Waals surface area contributed by atoms with E-state index in [0.717, 1.165) is 0 Å². The van der Waals surface area contributed by atoms with E-state index >= 15 is 0 Å². The normalized spacial score (nSPS) is 10.0. The number of hydrogen-bond acceptors (Lipinski definition) is 4. The molecule has 17 heavy (non-hydrogen) atoms. The number of hydrogen-bond donors (Lipinski definition) is 0. The maximum atomic E-state index is 12.8. The van der Waals surface area contributed by atoms with Crippen LogP contribution in [0.1, 0.15) is 10.5 Å². The highest BCUT2D eigenvalue weighted by Crippen LogP contribution is 2.20. The Bertz CT molecular complexity index is 540. The van der Waals surface area contributed by atoms with Gasteiger partial charge >= 0.3 is 5.97 Å². The summed E-state index contributed by atoms with van der Waals surface area (Å²) in [6.07, 6.45) is 2.87. The summed E-state index contributed by atoms with van der Waals surface area (Å²) in [6, 6.07) is 5.66. The van der Waals surface area contributed by atoms with Gasteiger partial charge < -0.3 is 4.74 Å². The number of benzene rings is 1. The molecule has 0 aliphatic rings. The molecule has 0 bridgehead atoms. The van der Waals surface area contributed by atoms with Gasteiger partial charge in [-0.2, -0.15) is 0 Å². The Morgan fingerprint density at radius 1 is 1.18 bits per heavy atom. The minimum Gasteiger partial charge on any atom is -0.464 e. The molecule has 2 aromatic rings. The Hall–Kier alpha value is -2.30. The summed E-state index contributed by atoms with van der Waals surface area (Å²) in [6.45, 7) is 0. The van der Waals surface area contributed by atoms with Crippen molar-refractivity contribution in [1.29, 1.82) is 0 Å². The van der Waals surface area contributed by atoms with Crippen LogP contribution in [0, 0.1) is 5.82 Å². The SMILES string of the molecule is COC(=O)c1nccnc1-c1ccc(F)cc1. The van der Waals surface area contributed by atoms with Gasteiger partial charge in [0.05, 0.1) is 7.11 Å². The zero-order valence-electron chi connectivity index (χ0n) is 9.05. The van der Waals surface area contributed by atoms with E-state index in [2.05, 4.69) is 14.7 Å². The molecule has 0 saturated heterocycles. The number of aromatic nitrogens is 2. The Morgan fingerprint density at radius 2 is 1.82 bits per heavy atom. The van der Waals surface area contributed by atoms with Crippen molar-refractivity contribution in [2.45, 2.75) is 0 Å². The van der Waals surface area contributed by atoms with E-state index < -0.39 is 5.97 Å². The van der Waals surface area contributed by atoms with Gasteiger partial charge in [0.25, 0.3) is 0 Å². The second-order valence-corrected chi connectivity index (χ2v) is 3.25. The number of carbonyl (C=O) groups excluding carboxylic acids is 1. The van der Waals surface area contributed by atoms with Crippen LogP contribution in [0.5, 0.6) is 0 Å². The number of ether oxygens (including phenoxy) is 1. The van der Waals surface area contributed by atoms with Crippen LogP contribution in [0.25, 0.3) is 11.3 Å². The summed E-state index contributed by atoms with van der Waals surface area (Å²) in [5.74, 6) is -0.922. The van der Waals surface area contributed by atoms with E-state index in [-0.39, 0.29) is 11.5 Å². The fourth-order valence-electron chi connectivity index (χ4n) is 1.40. The van der Waals surface area contributed by atoms with E-state index in [1.54, 1.807) is 0 Å². The minimum atomic E-state index is -0.572. The van der Waals surface area contributed by atoms with Crippen molar-refractivity contribution in [2.75, 3.05) is 7.11 Å². The summed E-state index contributed by atoms with van der Waals surface area (Å²) < 4.78 is 17.4. The van der Waals surface area contributed by atoms with Crippen LogP contribution >= 0.6 is 0 Å². The van der Waals surface area contributed by atoms with E-state index in [1.807, 2.05) is 0 Å². The molecule has 2 rings (SSSR count). The van der Waals surface area contributed by atoms with Crippen molar-refractivity contribution in [3.05, 3.63) is 48.2 Å². The van der Waals surface area contributed by atoms with Gasteiger partial charge in [-0.15, -0.1) is 0 Å². The molecule has 0 spiro atoms. The Morgan fingerprint density at radius 3 is 2.47 bits per heavy atom. The molecule has 1 heterocycles. The van der Waals surface area contributed by atoms with Crippen LogP contribution in [0.2, 0.25) is 0 Å². The lowest BCUT2D eigenvalue weighted by molar-refractivity contribution is 0.0594. The molecule has 0 unspecified atom stereocenters. The third-order valence-electron chi connectivity index (χ3n) is 2.19. The fourth-order valence-corrected chi connectivity index (χ4v) is 1.40. The highest BCUT2D eigenvalue weighted by atomic mass is 19.1. The number of carbonyl (C=O) groups is 1. The lowest BCUT2D eigenvalue weighted by Crippen LogP contribution is -2.07. The van der Waals surface area contributed by atoms with Crippen molar-refractivity contribution in [1.82, 2.24) is 9.97 Å². The molecule has 0 amide bonds. The smallest absolute Gasteiger partial charge is 0.358 e. The lowest BCUT2D eigenvalue weighted by atomic mass is 10.1. The van der Waals surface area contributed by atoms with Crippen LogP contribution in [-0.2, 0) is 4.74 Å². The van der Waals surface area contributed by atoms with E-state index in [9.17, 15) is 9.18 Å². The van der Waals surface area contributed by atoms with Crippen molar-refractivity contribution in [3.63, 3.8) is 0 Å². The van der Waals surface area contributed by atoms with Crippen LogP contribution in [0.15, 0.2) is 36.7 Å². The molecule has 4 nitrogen and oxygen atoms in total. The van der Waals surface area contributed by atoms with E-state index in [0.29, 0.717) is 11.3 Å². The average Bonchev–Trinajstić information content (AvgIpc) is 2.39. The van der Waals surface area contributed by atoms with E-state index in [4.69, 9.17) is 0 Å². The number of halogens is 1. The third-order valence-corrected chi connectivity index (χ3v) is 2.19. The molecule has 0 N–H and O–H groups in total. The van der Waals surface area contributed by atoms with Gasteiger partial charge in [0.15, 0.2) is 5.69 Å². The zero-order chi connectivity index (χ0) is 12.3. The fraction of sp³-hybridized carbons (Fsp3) is 0.0833. The minimum absolute atomic E-state index is 0.113. The molecule has 0 aliphatic heterocycles. The molecule has 1 aromatic carbocycles. The first-order valence-electron chi connectivity index (χ1n) is 4.87. The first-order valence-corrected chi connectivity index (χ1v) is 4.87. The van der Waals surface area contributed by atoms with Gasteiger partial charge in [0.1, 0.15) is 11.5 Å². The van der Waals surface area contributed by atoms with Gasteiger partial charge in [-0.3, -0.25) is 4.98 Å². The summed E-state index contributed by atoms with van der Waals surface area (Å²) in [5, 5.41) is 0. The average molecular weight is 232 g/mol. The molecule has 0 atom stereocenters. The number of rotatable bonds is 2. The van der Waals surface area contributed by atoms with Crippen molar-refractivity contribution >= 4 is 5.97 Å². The standard InChI is InChI=1S/C12H9FN2O2/c1-17-12(16)11-10(14-6-7-15-11)8-2-4-9(13)5-3-8/h2-7H,1H3. The molecule has 5 heteroatoms. The van der Waals surface area contributed by atoms with Crippen molar-refractivity contribution < 1.29 is 13.9 Å².